The van der Waals surface area contributed by atoms with Crippen LogP contribution < -0.4 is 0 Å². The summed E-state index contributed by atoms with van der Waals surface area (Å²) in [6.07, 6.45) is 0. The number of hydrogen-bond acceptors (Lipinski definition) is 3. The van der Waals surface area contributed by atoms with Crippen LogP contribution in [0.25, 0.3) is 102 Å². The largest absolute Gasteiger partial charge is 0.290 e. The van der Waals surface area contributed by atoms with Crippen LogP contribution in [0.4, 0.5) is 0 Å². The Kier molecular flexibility index (Phi) is 5.26. The third-order valence-electron chi connectivity index (χ3n) is 9.94. The predicted octanol–water partition coefficient (Wildman–Crippen LogP) is 12.2. The average Bonchev–Trinajstić information content (AvgIpc) is 3.71. The summed E-state index contributed by atoms with van der Waals surface area (Å²) < 4.78 is 4.97. The van der Waals surface area contributed by atoms with Crippen molar-refractivity contribution < 1.29 is 0 Å². The smallest absolute Gasteiger partial charge is 0.165 e. The number of rotatable bonds is 2. The molecule has 0 spiro atoms. The van der Waals surface area contributed by atoms with E-state index < -0.39 is 0 Å². The van der Waals surface area contributed by atoms with Crippen LogP contribution in [-0.4, -0.2) is 14.5 Å². The number of nitrogens with zero attached hydrogens (tertiary/aromatic N) is 3. The van der Waals surface area contributed by atoms with E-state index in [2.05, 4.69) is 144 Å². The van der Waals surface area contributed by atoms with E-state index in [9.17, 15) is 0 Å². The predicted molar refractivity (Wildman–Crippen MR) is 205 cm³/mol. The molecule has 0 N–H and O–H groups in total. The third-order valence-corrected chi connectivity index (χ3v) is 11.1. The van der Waals surface area contributed by atoms with Crippen LogP contribution >= 0.6 is 11.3 Å². The minimum Gasteiger partial charge on any atom is -0.290 e. The van der Waals surface area contributed by atoms with Gasteiger partial charge < -0.3 is 0 Å². The standard InChI is InChI=1S/C44H25N3S/c1-3-15-28-26(12-1)14-11-20-32(28)41-44(46-35-22-9-8-21-34(35)45-41)47-36-23-10-7-19-33(36)38-30-17-5-6-18-31(30)40-39-29-16-4-2-13-27(29)24-25-37(39)48-43(40)42(38)47/h1-25H. The number of benzene rings is 8. The van der Waals surface area contributed by atoms with Gasteiger partial charge >= 0.3 is 0 Å². The summed E-state index contributed by atoms with van der Waals surface area (Å²) in [7, 11) is 0. The lowest BCUT2D eigenvalue weighted by atomic mass is 9.96. The topological polar surface area (TPSA) is 30.7 Å². The van der Waals surface area contributed by atoms with Gasteiger partial charge in [0.1, 0.15) is 5.69 Å². The highest BCUT2D eigenvalue weighted by Gasteiger charge is 2.25. The van der Waals surface area contributed by atoms with Gasteiger partial charge in [-0.1, -0.05) is 127 Å². The van der Waals surface area contributed by atoms with Crippen molar-refractivity contribution in [1.82, 2.24) is 14.5 Å². The van der Waals surface area contributed by atoms with Crippen LogP contribution in [0.2, 0.25) is 0 Å². The normalized spacial score (nSPS) is 12.2. The van der Waals surface area contributed by atoms with E-state index in [0.29, 0.717) is 0 Å². The Morgan fingerprint density at radius 1 is 0.438 bits per heavy atom. The van der Waals surface area contributed by atoms with Crippen LogP contribution in [0.3, 0.4) is 0 Å². The fourth-order valence-corrected chi connectivity index (χ4v) is 9.19. The van der Waals surface area contributed by atoms with Crippen molar-refractivity contribution in [3.8, 4) is 17.1 Å². The molecule has 0 atom stereocenters. The lowest BCUT2D eigenvalue weighted by Gasteiger charge is -2.15. The highest BCUT2D eigenvalue weighted by molar-refractivity contribution is 7.27. The molecule has 0 bridgehead atoms. The summed E-state index contributed by atoms with van der Waals surface area (Å²) in [6.45, 7) is 0. The molecule has 48 heavy (non-hydrogen) atoms. The molecule has 4 heteroatoms. The van der Waals surface area contributed by atoms with Crippen molar-refractivity contribution in [2.75, 3.05) is 0 Å². The molecule has 222 valence electrons. The number of thiophene rings is 1. The minimum absolute atomic E-state index is 0.843. The van der Waals surface area contributed by atoms with E-state index in [1.807, 2.05) is 23.5 Å². The number of fused-ring (bicyclic) bond motifs is 14. The molecule has 0 saturated heterocycles. The molecule has 0 amide bonds. The van der Waals surface area contributed by atoms with E-state index in [1.165, 1.54) is 63.4 Å². The van der Waals surface area contributed by atoms with E-state index in [4.69, 9.17) is 9.97 Å². The molecule has 0 aliphatic heterocycles. The first-order chi connectivity index (χ1) is 23.8. The van der Waals surface area contributed by atoms with Gasteiger partial charge in [0.2, 0.25) is 0 Å². The van der Waals surface area contributed by atoms with Crippen molar-refractivity contribution in [3.63, 3.8) is 0 Å². The Bertz CT molecular complexity index is 3120. The van der Waals surface area contributed by atoms with Gasteiger partial charge in [-0.15, -0.1) is 11.3 Å². The minimum atomic E-state index is 0.843. The van der Waals surface area contributed by atoms with Gasteiger partial charge in [-0.05, 0) is 56.6 Å². The number of para-hydroxylation sites is 3. The maximum Gasteiger partial charge on any atom is 0.165 e. The highest BCUT2D eigenvalue weighted by Crippen LogP contribution is 2.50. The molecular weight excluding hydrogens is 603 g/mol. The van der Waals surface area contributed by atoms with Crippen LogP contribution in [0.5, 0.6) is 0 Å². The number of hydrogen-bond donors (Lipinski definition) is 0. The SMILES string of the molecule is c1ccc2c(-c3nc4ccccc4nc3-n3c4ccccc4c4c5ccccc5c5c(sc6ccc7ccccc7c65)c43)cccc2c1. The van der Waals surface area contributed by atoms with Gasteiger partial charge in [0.15, 0.2) is 5.82 Å². The average molecular weight is 628 g/mol. The first kappa shape index (κ1) is 26.0. The second-order valence-electron chi connectivity index (χ2n) is 12.5. The monoisotopic (exact) mass is 627 g/mol. The first-order valence-corrected chi connectivity index (χ1v) is 17.1. The summed E-state index contributed by atoms with van der Waals surface area (Å²) >= 11 is 1.88. The molecular formula is C44H25N3S. The van der Waals surface area contributed by atoms with Crippen LogP contribution in [0.1, 0.15) is 0 Å². The Labute approximate surface area is 278 Å². The number of aromatic nitrogens is 3. The van der Waals surface area contributed by atoms with Gasteiger partial charge in [0, 0.05) is 31.8 Å². The molecule has 3 nitrogen and oxygen atoms in total. The summed E-state index contributed by atoms with van der Waals surface area (Å²) in [5.41, 5.74) is 6.02. The maximum atomic E-state index is 5.50. The van der Waals surface area contributed by atoms with E-state index in [-0.39, 0.29) is 0 Å². The third kappa shape index (κ3) is 3.47. The molecule has 0 unspecified atom stereocenters. The molecule has 0 radical (unpaired) electrons. The molecule has 3 heterocycles. The Morgan fingerprint density at radius 2 is 1.04 bits per heavy atom. The van der Waals surface area contributed by atoms with Gasteiger partial charge in [-0.25, -0.2) is 9.97 Å². The summed E-state index contributed by atoms with van der Waals surface area (Å²) in [6, 6.07) is 54.4. The zero-order valence-corrected chi connectivity index (χ0v) is 26.5. The maximum absolute atomic E-state index is 5.50. The molecule has 0 aliphatic rings. The summed E-state index contributed by atoms with van der Waals surface area (Å²) in [4.78, 5) is 10.9. The van der Waals surface area contributed by atoms with Crippen molar-refractivity contribution >= 4 is 96.7 Å². The van der Waals surface area contributed by atoms with Crippen molar-refractivity contribution in [1.29, 1.82) is 0 Å². The lowest BCUT2D eigenvalue weighted by Crippen LogP contribution is -2.04. The van der Waals surface area contributed by atoms with Crippen molar-refractivity contribution in [2.45, 2.75) is 0 Å². The Morgan fingerprint density at radius 3 is 1.85 bits per heavy atom. The van der Waals surface area contributed by atoms with Gasteiger partial charge in [0.05, 0.1) is 26.8 Å². The van der Waals surface area contributed by atoms with Gasteiger partial charge in [-0.2, -0.15) is 0 Å². The van der Waals surface area contributed by atoms with E-state index >= 15 is 0 Å². The summed E-state index contributed by atoms with van der Waals surface area (Å²) in [5, 5.41) is 12.5. The fraction of sp³-hybridized carbons (Fsp3) is 0. The second kappa shape index (κ2) is 9.71. The quantitative estimate of drug-likeness (QED) is 0.191. The fourth-order valence-electron chi connectivity index (χ4n) is 7.92. The van der Waals surface area contributed by atoms with Crippen LogP contribution in [0, 0.1) is 0 Å². The second-order valence-corrected chi connectivity index (χ2v) is 13.6. The summed E-state index contributed by atoms with van der Waals surface area (Å²) in [5.74, 6) is 0.843. The Balaban J connectivity index is 1.41. The molecule has 3 aromatic heterocycles. The molecule has 8 aromatic carbocycles. The zero-order valence-electron chi connectivity index (χ0n) is 25.7. The zero-order chi connectivity index (χ0) is 31.3. The van der Waals surface area contributed by atoms with E-state index in [1.54, 1.807) is 0 Å². The first-order valence-electron chi connectivity index (χ1n) is 16.3. The van der Waals surface area contributed by atoms with Gasteiger partial charge in [0.25, 0.3) is 0 Å². The van der Waals surface area contributed by atoms with Crippen molar-refractivity contribution in [2.24, 2.45) is 0 Å². The van der Waals surface area contributed by atoms with Crippen LogP contribution in [0.15, 0.2) is 152 Å². The lowest BCUT2D eigenvalue weighted by molar-refractivity contribution is 1.08. The van der Waals surface area contributed by atoms with Crippen molar-refractivity contribution in [3.05, 3.63) is 152 Å². The molecule has 11 rings (SSSR count). The van der Waals surface area contributed by atoms with Crippen LogP contribution in [-0.2, 0) is 0 Å². The Hall–Kier alpha value is -6.10. The molecule has 0 saturated carbocycles. The molecule has 0 aliphatic carbocycles. The van der Waals surface area contributed by atoms with Gasteiger partial charge in [-0.3, -0.25) is 4.57 Å². The molecule has 11 aromatic rings. The molecule has 0 fully saturated rings. The van der Waals surface area contributed by atoms with E-state index in [0.717, 1.165) is 39.0 Å². The highest BCUT2D eigenvalue weighted by atomic mass is 32.1.